The molecule has 0 aliphatic carbocycles. The number of nitrogens with zero attached hydrogens (tertiary/aromatic N) is 1. The number of nitrogens with two attached hydrogens (primary N) is 1. The quantitative estimate of drug-likeness (QED) is 0.819. The number of benzene rings is 1. The second-order valence-corrected chi connectivity index (χ2v) is 6.58. The average Bonchev–Trinajstić information content (AvgIpc) is 2.40. The van der Waals surface area contributed by atoms with Crippen molar-refractivity contribution < 1.29 is 8.42 Å². The molecule has 0 saturated carbocycles. The molecule has 0 fully saturated rings. The van der Waals surface area contributed by atoms with Crippen molar-refractivity contribution in [2.45, 2.75) is 11.3 Å². The van der Waals surface area contributed by atoms with E-state index < -0.39 is 9.84 Å². The SMILES string of the molecule is CS(=O)(=O)c1ccc(NCCc2cccnc2)c(N)c1. The summed E-state index contributed by atoms with van der Waals surface area (Å²) in [4.78, 5) is 4.28. The maximum Gasteiger partial charge on any atom is 0.175 e. The van der Waals surface area contributed by atoms with Crippen LogP contribution in [-0.4, -0.2) is 26.2 Å². The molecule has 1 aromatic heterocycles. The highest BCUT2D eigenvalue weighted by molar-refractivity contribution is 7.90. The van der Waals surface area contributed by atoms with Crippen LogP contribution in [0.15, 0.2) is 47.6 Å². The number of rotatable bonds is 5. The molecule has 0 spiro atoms. The van der Waals surface area contributed by atoms with Gasteiger partial charge in [-0.2, -0.15) is 0 Å². The molecule has 2 rings (SSSR count). The normalized spacial score (nSPS) is 11.2. The first-order valence-corrected chi connectivity index (χ1v) is 8.08. The third-order valence-electron chi connectivity index (χ3n) is 2.90. The number of sulfone groups is 1. The smallest absolute Gasteiger partial charge is 0.175 e. The molecule has 0 atom stereocenters. The second kappa shape index (κ2) is 5.92. The van der Waals surface area contributed by atoms with E-state index in [2.05, 4.69) is 10.3 Å². The van der Waals surface area contributed by atoms with Crippen molar-refractivity contribution >= 4 is 21.2 Å². The number of pyridine rings is 1. The molecule has 0 saturated heterocycles. The van der Waals surface area contributed by atoms with Gasteiger partial charge >= 0.3 is 0 Å². The Bertz CT molecular complexity index is 685. The van der Waals surface area contributed by atoms with Crippen LogP contribution in [0.2, 0.25) is 0 Å². The van der Waals surface area contributed by atoms with Crippen LogP contribution in [0, 0.1) is 0 Å². The van der Waals surface area contributed by atoms with Gasteiger partial charge in [0.15, 0.2) is 9.84 Å². The van der Waals surface area contributed by atoms with Gasteiger partial charge < -0.3 is 11.1 Å². The van der Waals surface area contributed by atoms with Gasteiger partial charge in [-0.25, -0.2) is 8.42 Å². The number of anilines is 2. The summed E-state index contributed by atoms with van der Waals surface area (Å²) in [7, 11) is -3.22. The maximum atomic E-state index is 11.4. The first-order chi connectivity index (χ1) is 9.47. The van der Waals surface area contributed by atoms with Crippen LogP contribution in [0.4, 0.5) is 11.4 Å². The molecule has 1 heterocycles. The Labute approximate surface area is 118 Å². The zero-order valence-electron chi connectivity index (χ0n) is 11.2. The zero-order valence-corrected chi connectivity index (χ0v) is 12.0. The molecule has 106 valence electrons. The van der Waals surface area contributed by atoms with Gasteiger partial charge in [0.1, 0.15) is 0 Å². The maximum absolute atomic E-state index is 11.4. The third kappa shape index (κ3) is 3.71. The first kappa shape index (κ1) is 14.3. The van der Waals surface area contributed by atoms with Crippen molar-refractivity contribution in [3.63, 3.8) is 0 Å². The molecule has 6 heteroatoms. The van der Waals surface area contributed by atoms with E-state index >= 15 is 0 Å². The number of nitrogens with one attached hydrogen (secondary N) is 1. The van der Waals surface area contributed by atoms with E-state index in [-0.39, 0.29) is 4.90 Å². The van der Waals surface area contributed by atoms with Crippen molar-refractivity contribution in [1.29, 1.82) is 0 Å². The molecule has 0 amide bonds. The number of aromatic nitrogens is 1. The van der Waals surface area contributed by atoms with Crippen molar-refractivity contribution in [3.8, 4) is 0 Å². The Morgan fingerprint density at radius 1 is 1.30 bits per heavy atom. The molecule has 0 aliphatic heterocycles. The van der Waals surface area contributed by atoms with Crippen molar-refractivity contribution in [2.24, 2.45) is 0 Å². The van der Waals surface area contributed by atoms with Crippen LogP contribution in [0.1, 0.15) is 5.56 Å². The van der Waals surface area contributed by atoms with E-state index in [1.165, 1.54) is 6.07 Å². The Morgan fingerprint density at radius 3 is 2.70 bits per heavy atom. The summed E-state index contributed by atoms with van der Waals surface area (Å²) in [5.41, 5.74) is 8.16. The van der Waals surface area contributed by atoms with Gasteiger partial charge in [-0.3, -0.25) is 4.98 Å². The van der Waals surface area contributed by atoms with Crippen LogP contribution in [0.25, 0.3) is 0 Å². The van der Waals surface area contributed by atoms with E-state index in [0.29, 0.717) is 12.2 Å². The fourth-order valence-electron chi connectivity index (χ4n) is 1.82. The van der Waals surface area contributed by atoms with Gasteiger partial charge in [0.25, 0.3) is 0 Å². The van der Waals surface area contributed by atoms with Crippen molar-refractivity contribution in [2.75, 3.05) is 23.9 Å². The van der Waals surface area contributed by atoms with Crippen molar-refractivity contribution in [1.82, 2.24) is 4.98 Å². The van der Waals surface area contributed by atoms with Crippen molar-refractivity contribution in [3.05, 3.63) is 48.3 Å². The Kier molecular flexibility index (Phi) is 4.24. The Morgan fingerprint density at radius 2 is 2.10 bits per heavy atom. The standard InChI is InChI=1S/C14H17N3O2S/c1-20(18,19)12-4-5-14(13(15)9-12)17-8-6-11-3-2-7-16-10-11/h2-5,7,9-10,17H,6,8,15H2,1H3. The molecule has 20 heavy (non-hydrogen) atoms. The molecular weight excluding hydrogens is 274 g/mol. The highest BCUT2D eigenvalue weighted by Crippen LogP contribution is 2.22. The predicted molar refractivity (Wildman–Crippen MR) is 80.4 cm³/mol. The molecule has 3 N–H and O–H groups in total. The molecule has 0 unspecified atom stereocenters. The summed E-state index contributed by atoms with van der Waals surface area (Å²) in [6, 6.07) is 8.62. The monoisotopic (exact) mass is 291 g/mol. The largest absolute Gasteiger partial charge is 0.397 e. The zero-order chi connectivity index (χ0) is 14.6. The fraction of sp³-hybridized carbons (Fsp3) is 0.214. The van der Waals surface area contributed by atoms with Crippen LogP contribution < -0.4 is 11.1 Å². The minimum atomic E-state index is -3.22. The van der Waals surface area contributed by atoms with Gasteiger partial charge in [-0.1, -0.05) is 6.07 Å². The summed E-state index contributed by atoms with van der Waals surface area (Å²) in [6.07, 6.45) is 5.54. The topological polar surface area (TPSA) is 85.1 Å². The minimum absolute atomic E-state index is 0.229. The minimum Gasteiger partial charge on any atom is -0.397 e. The van der Waals surface area contributed by atoms with E-state index in [1.54, 1.807) is 18.3 Å². The van der Waals surface area contributed by atoms with Crippen LogP contribution in [0.3, 0.4) is 0 Å². The van der Waals surface area contributed by atoms with Crippen LogP contribution in [-0.2, 0) is 16.3 Å². The van der Waals surface area contributed by atoms with E-state index in [9.17, 15) is 8.42 Å². The molecule has 0 bridgehead atoms. The molecule has 5 nitrogen and oxygen atoms in total. The Hall–Kier alpha value is -2.08. The number of hydrogen-bond acceptors (Lipinski definition) is 5. The second-order valence-electron chi connectivity index (χ2n) is 4.56. The summed E-state index contributed by atoms with van der Waals surface area (Å²) < 4.78 is 22.8. The number of nitrogen functional groups attached to an aromatic ring is 1. The van der Waals surface area contributed by atoms with Gasteiger partial charge in [0, 0.05) is 25.2 Å². The first-order valence-electron chi connectivity index (χ1n) is 6.19. The summed E-state index contributed by atoms with van der Waals surface area (Å²) in [5, 5.41) is 3.19. The fourth-order valence-corrected chi connectivity index (χ4v) is 2.48. The molecule has 2 aromatic rings. The Balaban J connectivity index is 2.00. The summed E-state index contributed by atoms with van der Waals surface area (Å²) in [6.45, 7) is 0.702. The molecular formula is C14H17N3O2S. The molecule has 0 radical (unpaired) electrons. The van der Waals surface area contributed by atoms with Crippen LogP contribution >= 0.6 is 0 Å². The van der Waals surface area contributed by atoms with Gasteiger partial charge in [-0.15, -0.1) is 0 Å². The van der Waals surface area contributed by atoms with E-state index in [1.807, 2.05) is 18.3 Å². The van der Waals surface area contributed by atoms with E-state index in [0.717, 1.165) is 23.9 Å². The summed E-state index contributed by atoms with van der Waals surface area (Å²) >= 11 is 0. The number of hydrogen-bond donors (Lipinski definition) is 2. The molecule has 1 aromatic carbocycles. The predicted octanol–water partition coefficient (Wildman–Crippen LogP) is 1.72. The summed E-state index contributed by atoms with van der Waals surface area (Å²) in [5.74, 6) is 0. The van der Waals surface area contributed by atoms with Gasteiger partial charge in [0.2, 0.25) is 0 Å². The lowest BCUT2D eigenvalue weighted by atomic mass is 10.2. The average molecular weight is 291 g/mol. The lowest BCUT2D eigenvalue weighted by molar-refractivity contribution is 0.602. The van der Waals surface area contributed by atoms with Gasteiger partial charge in [0.05, 0.1) is 16.3 Å². The van der Waals surface area contributed by atoms with E-state index in [4.69, 9.17) is 5.73 Å². The third-order valence-corrected chi connectivity index (χ3v) is 4.01. The highest BCUT2D eigenvalue weighted by Gasteiger charge is 2.09. The van der Waals surface area contributed by atoms with Gasteiger partial charge in [-0.05, 0) is 36.2 Å². The lowest BCUT2D eigenvalue weighted by Gasteiger charge is -2.10. The lowest BCUT2D eigenvalue weighted by Crippen LogP contribution is -2.08. The molecule has 0 aliphatic rings. The highest BCUT2D eigenvalue weighted by atomic mass is 32.2. The van der Waals surface area contributed by atoms with Crippen LogP contribution in [0.5, 0.6) is 0 Å².